The number of rotatable bonds is 2. The minimum Gasteiger partial charge on any atom is -0.372 e. The number of amides is 1. The second-order valence-corrected chi connectivity index (χ2v) is 7.46. The van der Waals surface area contributed by atoms with Crippen LogP contribution in [0.3, 0.4) is 0 Å². The van der Waals surface area contributed by atoms with Crippen LogP contribution < -0.4 is 0 Å². The molecular weight excluding hydrogens is 332 g/mol. The summed E-state index contributed by atoms with van der Waals surface area (Å²) in [6, 6.07) is 13.8. The highest BCUT2D eigenvalue weighted by molar-refractivity contribution is 7.13. The molecule has 3 aromatic rings. The van der Waals surface area contributed by atoms with E-state index in [9.17, 15) is 4.79 Å². The van der Waals surface area contributed by atoms with Gasteiger partial charge < -0.3 is 9.64 Å². The van der Waals surface area contributed by atoms with E-state index in [0.717, 1.165) is 27.0 Å². The summed E-state index contributed by atoms with van der Waals surface area (Å²) in [4.78, 5) is 21.0. The van der Waals surface area contributed by atoms with Crippen LogP contribution in [0.4, 0.5) is 0 Å². The van der Waals surface area contributed by atoms with Crippen LogP contribution in [0.1, 0.15) is 24.2 Å². The SMILES string of the molecule is C[C@H]1CN(C(=O)c2cc(-c3cccs3)nc3ccccc23)C[C@H](C)O1. The van der Waals surface area contributed by atoms with Crippen molar-refractivity contribution in [1.29, 1.82) is 0 Å². The van der Waals surface area contributed by atoms with Gasteiger partial charge in [-0.05, 0) is 37.4 Å². The smallest absolute Gasteiger partial charge is 0.254 e. The van der Waals surface area contributed by atoms with Crippen molar-refractivity contribution in [3.63, 3.8) is 0 Å². The topological polar surface area (TPSA) is 42.4 Å². The van der Waals surface area contributed by atoms with Crippen molar-refractivity contribution in [2.45, 2.75) is 26.1 Å². The van der Waals surface area contributed by atoms with Gasteiger partial charge in [-0.2, -0.15) is 0 Å². The third kappa shape index (κ3) is 3.17. The molecule has 3 heterocycles. The molecule has 0 spiro atoms. The zero-order valence-electron chi connectivity index (χ0n) is 14.3. The second kappa shape index (κ2) is 6.58. The predicted octanol–water partition coefficient (Wildman–Crippen LogP) is 4.21. The van der Waals surface area contributed by atoms with E-state index in [4.69, 9.17) is 9.72 Å². The Labute approximate surface area is 151 Å². The monoisotopic (exact) mass is 352 g/mol. The molecule has 1 amide bonds. The van der Waals surface area contributed by atoms with E-state index in [1.54, 1.807) is 11.3 Å². The van der Waals surface area contributed by atoms with Crippen LogP contribution in [0.25, 0.3) is 21.5 Å². The maximum atomic E-state index is 13.3. The molecule has 25 heavy (non-hydrogen) atoms. The Bertz CT molecular complexity index is 897. The molecule has 0 N–H and O–H groups in total. The lowest BCUT2D eigenvalue weighted by Gasteiger charge is -2.35. The molecule has 0 bridgehead atoms. The van der Waals surface area contributed by atoms with Crippen molar-refractivity contribution < 1.29 is 9.53 Å². The van der Waals surface area contributed by atoms with E-state index >= 15 is 0 Å². The van der Waals surface area contributed by atoms with Crippen LogP contribution in [0.5, 0.6) is 0 Å². The maximum absolute atomic E-state index is 13.3. The summed E-state index contributed by atoms with van der Waals surface area (Å²) in [6.07, 6.45) is 0.107. The van der Waals surface area contributed by atoms with Gasteiger partial charge in [0.2, 0.25) is 0 Å². The van der Waals surface area contributed by atoms with Crippen LogP contribution in [0.15, 0.2) is 47.8 Å². The van der Waals surface area contributed by atoms with Crippen molar-refractivity contribution in [2.75, 3.05) is 13.1 Å². The summed E-state index contributed by atoms with van der Waals surface area (Å²) >= 11 is 1.63. The quantitative estimate of drug-likeness (QED) is 0.694. The number of carbonyl (C=O) groups is 1. The van der Waals surface area contributed by atoms with E-state index in [0.29, 0.717) is 13.1 Å². The zero-order valence-corrected chi connectivity index (χ0v) is 15.1. The van der Waals surface area contributed by atoms with Crippen LogP contribution in [0, 0.1) is 0 Å². The molecule has 1 aliphatic rings. The van der Waals surface area contributed by atoms with Crippen LogP contribution in [-0.4, -0.2) is 41.1 Å². The van der Waals surface area contributed by atoms with E-state index in [1.165, 1.54) is 0 Å². The highest BCUT2D eigenvalue weighted by atomic mass is 32.1. The van der Waals surface area contributed by atoms with Crippen LogP contribution >= 0.6 is 11.3 Å². The lowest BCUT2D eigenvalue weighted by atomic mass is 10.0. The van der Waals surface area contributed by atoms with Gasteiger partial charge in [0.1, 0.15) is 0 Å². The first-order chi connectivity index (χ1) is 12.1. The molecule has 4 nitrogen and oxygen atoms in total. The Morgan fingerprint density at radius 2 is 1.92 bits per heavy atom. The van der Waals surface area contributed by atoms with E-state index in [1.807, 2.05) is 66.6 Å². The number of pyridine rings is 1. The summed E-state index contributed by atoms with van der Waals surface area (Å²) < 4.78 is 5.77. The van der Waals surface area contributed by atoms with Crippen molar-refractivity contribution in [1.82, 2.24) is 9.88 Å². The predicted molar refractivity (Wildman–Crippen MR) is 101 cm³/mol. The molecule has 1 fully saturated rings. The van der Waals surface area contributed by atoms with E-state index in [-0.39, 0.29) is 18.1 Å². The number of hydrogen-bond donors (Lipinski definition) is 0. The van der Waals surface area contributed by atoms with Crippen molar-refractivity contribution in [3.05, 3.63) is 53.4 Å². The van der Waals surface area contributed by atoms with Gasteiger partial charge in [-0.1, -0.05) is 24.3 Å². The average molecular weight is 352 g/mol. The van der Waals surface area contributed by atoms with Gasteiger partial charge >= 0.3 is 0 Å². The fourth-order valence-electron chi connectivity index (χ4n) is 3.42. The second-order valence-electron chi connectivity index (χ2n) is 6.52. The number of nitrogens with zero attached hydrogens (tertiary/aromatic N) is 2. The molecule has 2 atom stereocenters. The molecular formula is C20H20N2O2S. The lowest BCUT2D eigenvalue weighted by Crippen LogP contribution is -2.48. The highest BCUT2D eigenvalue weighted by Gasteiger charge is 2.28. The maximum Gasteiger partial charge on any atom is 0.254 e. The zero-order chi connectivity index (χ0) is 17.4. The normalized spacial score (nSPS) is 20.8. The molecule has 1 saturated heterocycles. The summed E-state index contributed by atoms with van der Waals surface area (Å²) in [6.45, 7) is 5.26. The average Bonchev–Trinajstić information content (AvgIpc) is 3.14. The van der Waals surface area contributed by atoms with Crippen LogP contribution in [0.2, 0.25) is 0 Å². The van der Waals surface area contributed by atoms with Gasteiger partial charge in [0.05, 0.1) is 33.9 Å². The number of thiophene rings is 1. The molecule has 5 heteroatoms. The largest absolute Gasteiger partial charge is 0.372 e. The van der Waals surface area contributed by atoms with Gasteiger partial charge in [0, 0.05) is 18.5 Å². The Morgan fingerprint density at radius 1 is 1.16 bits per heavy atom. The van der Waals surface area contributed by atoms with Gasteiger partial charge in [0.15, 0.2) is 0 Å². The summed E-state index contributed by atoms with van der Waals surface area (Å²) in [5, 5.41) is 2.93. The van der Waals surface area contributed by atoms with E-state index in [2.05, 4.69) is 0 Å². The lowest BCUT2D eigenvalue weighted by molar-refractivity contribution is -0.0585. The van der Waals surface area contributed by atoms with Crippen molar-refractivity contribution in [3.8, 4) is 10.6 Å². The Morgan fingerprint density at radius 3 is 2.64 bits per heavy atom. The third-order valence-electron chi connectivity index (χ3n) is 4.43. The highest BCUT2D eigenvalue weighted by Crippen LogP contribution is 2.29. The fourth-order valence-corrected chi connectivity index (χ4v) is 4.10. The number of carbonyl (C=O) groups excluding carboxylic acids is 1. The van der Waals surface area contributed by atoms with Crippen molar-refractivity contribution >= 4 is 28.1 Å². The first-order valence-corrected chi connectivity index (χ1v) is 9.38. The number of hydrogen-bond acceptors (Lipinski definition) is 4. The van der Waals surface area contributed by atoms with Gasteiger partial charge in [-0.3, -0.25) is 4.79 Å². The Balaban J connectivity index is 1.81. The molecule has 2 aromatic heterocycles. The van der Waals surface area contributed by atoms with Crippen molar-refractivity contribution in [2.24, 2.45) is 0 Å². The standard InChI is InChI=1S/C20H20N2O2S/c1-13-11-22(12-14(2)24-13)20(23)16-10-18(19-8-5-9-25-19)21-17-7-4-3-6-15(16)17/h3-10,13-14H,11-12H2,1-2H3/t13-,14-/m0/s1. The molecule has 1 aliphatic heterocycles. The molecule has 0 unspecified atom stereocenters. The minimum atomic E-state index is 0.0533. The molecule has 0 radical (unpaired) electrons. The fraction of sp³-hybridized carbons (Fsp3) is 0.300. The summed E-state index contributed by atoms with van der Waals surface area (Å²) in [5.41, 5.74) is 2.42. The van der Waals surface area contributed by atoms with Gasteiger partial charge in [-0.15, -0.1) is 11.3 Å². The first-order valence-electron chi connectivity index (χ1n) is 8.50. The minimum absolute atomic E-state index is 0.0533. The molecule has 1 aromatic carbocycles. The molecule has 0 aliphatic carbocycles. The van der Waals surface area contributed by atoms with E-state index < -0.39 is 0 Å². The number of fused-ring (bicyclic) bond motifs is 1. The number of aromatic nitrogens is 1. The number of benzene rings is 1. The Hall–Kier alpha value is -2.24. The first kappa shape index (κ1) is 16.2. The summed E-state index contributed by atoms with van der Waals surface area (Å²) in [7, 11) is 0. The summed E-state index contributed by atoms with van der Waals surface area (Å²) in [5.74, 6) is 0.0541. The molecule has 4 rings (SSSR count). The van der Waals surface area contributed by atoms with Gasteiger partial charge in [0.25, 0.3) is 5.91 Å². The number of para-hydroxylation sites is 1. The number of ether oxygens (including phenoxy) is 1. The molecule has 128 valence electrons. The van der Waals surface area contributed by atoms with Gasteiger partial charge in [-0.25, -0.2) is 4.98 Å². The third-order valence-corrected chi connectivity index (χ3v) is 5.32. The Kier molecular flexibility index (Phi) is 4.27. The van der Waals surface area contributed by atoms with Crippen LogP contribution in [-0.2, 0) is 4.74 Å². The molecule has 0 saturated carbocycles. The number of morpholine rings is 1.